The van der Waals surface area contributed by atoms with Gasteiger partial charge in [-0.3, -0.25) is 15.3 Å². The average Bonchev–Trinajstić information content (AvgIpc) is 3.40. The molecule has 0 fully saturated rings. The van der Waals surface area contributed by atoms with Crippen LogP contribution in [0.3, 0.4) is 0 Å². The van der Waals surface area contributed by atoms with Crippen LogP contribution in [0.5, 0.6) is 0 Å². The molecule has 4 heterocycles. The molecule has 1 aromatic carbocycles. The van der Waals surface area contributed by atoms with Crippen molar-refractivity contribution >= 4 is 54.6 Å². The molecular weight excluding hydrogens is 720 g/mol. The summed E-state index contributed by atoms with van der Waals surface area (Å²) in [5.41, 5.74) is 5.96. The predicted octanol–water partition coefficient (Wildman–Crippen LogP) is 5.99. The van der Waals surface area contributed by atoms with E-state index in [1.165, 1.54) is 0 Å². The second-order valence-corrected chi connectivity index (χ2v) is 21.6. The van der Waals surface area contributed by atoms with Crippen LogP contribution in [-0.4, -0.2) is 65.3 Å². The molecule has 0 saturated carbocycles. The van der Waals surface area contributed by atoms with E-state index in [0.29, 0.717) is 51.8 Å². The van der Waals surface area contributed by atoms with Crippen LogP contribution in [0, 0.1) is 0 Å². The molecule has 0 spiro atoms. The summed E-state index contributed by atoms with van der Waals surface area (Å²) in [4.78, 5) is 72.5. The van der Waals surface area contributed by atoms with Gasteiger partial charge in [0.2, 0.25) is 5.60 Å². The fourth-order valence-electron chi connectivity index (χ4n) is 6.76. The van der Waals surface area contributed by atoms with Crippen molar-refractivity contribution in [2.45, 2.75) is 116 Å². The Hall–Kier alpha value is -4.27. The number of benzene rings is 1. The van der Waals surface area contributed by atoms with Crippen molar-refractivity contribution in [2.75, 3.05) is 12.4 Å². The highest BCUT2D eigenvalue weighted by atomic mass is 35.5. The van der Waals surface area contributed by atoms with E-state index in [4.69, 9.17) is 41.3 Å². The number of halogens is 1. The van der Waals surface area contributed by atoms with Crippen LogP contribution < -0.4 is 16.6 Å². The van der Waals surface area contributed by atoms with E-state index in [-0.39, 0.29) is 37.1 Å². The molecule has 2 aliphatic rings. The molecule has 2 aromatic heterocycles. The molecule has 53 heavy (non-hydrogen) atoms. The molecule has 2 unspecified atom stereocenters. The summed E-state index contributed by atoms with van der Waals surface area (Å²) in [6, 6.07) is 9.14. The number of rotatable bonds is 10. The summed E-state index contributed by atoms with van der Waals surface area (Å²) in [6.07, 6.45) is -0.486. The van der Waals surface area contributed by atoms with Crippen LogP contribution in [0.2, 0.25) is 19.1 Å². The predicted molar refractivity (Wildman–Crippen MR) is 202 cm³/mol. The van der Waals surface area contributed by atoms with Gasteiger partial charge in [0.1, 0.15) is 19.3 Å². The van der Waals surface area contributed by atoms with E-state index in [1.54, 1.807) is 77.3 Å². The van der Waals surface area contributed by atoms with Crippen LogP contribution in [0.15, 0.2) is 35.1 Å². The normalized spacial score (nSPS) is 19.5. The fourth-order valence-corrected chi connectivity index (χ4v) is 9.84. The van der Waals surface area contributed by atoms with Crippen molar-refractivity contribution in [3.63, 3.8) is 0 Å². The number of pyridine rings is 2. The molecule has 15 heteroatoms. The number of carbonyl (C=O) groups is 4. The lowest BCUT2D eigenvalue weighted by Crippen LogP contribution is -2.68. The number of hydrogen-bond donors (Lipinski definition) is 2. The lowest BCUT2D eigenvalue weighted by atomic mass is 9.84. The van der Waals surface area contributed by atoms with Crippen molar-refractivity contribution in [3.05, 3.63) is 62.9 Å². The molecule has 0 saturated heterocycles. The molecular formula is C38H49ClN4O9Si. The molecule has 13 nitrogen and oxygen atoms in total. The number of alkyl halides is 1. The van der Waals surface area contributed by atoms with Gasteiger partial charge in [-0.25, -0.2) is 19.4 Å². The highest BCUT2D eigenvalue weighted by Crippen LogP contribution is 2.48. The number of nitrogens with one attached hydrogen (secondary N) is 1. The Labute approximate surface area is 314 Å². The van der Waals surface area contributed by atoms with Gasteiger partial charge in [0.15, 0.2) is 5.35 Å². The van der Waals surface area contributed by atoms with Crippen LogP contribution >= 0.6 is 11.6 Å². The maximum atomic E-state index is 14.8. The second-order valence-electron chi connectivity index (χ2n) is 16.2. The zero-order chi connectivity index (χ0) is 39.3. The SMILES string of the molecule is CCC1(OC(=O)CCNC(=O)OC(C)(C)C)C(=O)OC(N)([Si](C)(C)CCCCl)c2c1cc1n(c2=O)Cc2cc3cc(C(=O)OC(C)(C)C)ccc3nc2-1. The summed E-state index contributed by atoms with van der Waals surface area (Å²) in [6.45, 7) is 16.1. The molecule has 2 atom stereocenters. The van der Waals surface area contributed by atoms with E-state index in [2.05, 4.69) is 5.32 Å². The first kappa shape index (κ1) is 39.9. The maximum absolute atomic E-state index is 14.8. The van der Waals surface area contributed by atoms with Gasteiger partial charge in [0.05, 0.1) is 41.0 Å². The number of hydrogen-bond acceptors (Lipinski definition) is 11. The molecule has 2 aliphatic heterocycles. The lowest BCUT2D eigenvalue weighted by Gasteiger charge is -2.49. The van der Waals surface area contributed by atoms with Gasteiger partial charge in [-0.05, 0) is 84.7 Å². The minimum absolute atomic E-state index is 0.0539. The van der Waals surface area contributed by atoms with E-state index in [1.807, 2.05) is 19.2 Å². The summed E-state index contributed by atoms with van der Waals surface area (Å²) in [5.74, 6) is -1.81. The average molecular weight is 769 g/mol. The Balaban J connectivity index is 1.62. The summed E-state index contributed by atoms with van der Waals surface area (Å²) >= 11 is 6.08. The van der Waals surface area contributed by atoms with Gasteiger partial charge in [0, 0.05) is 28.9 Å². The molecule has 0 radical (unpaired) electrons. The number of amides is 1. The topological polar surface area (TPSA) is 178 Å². The standard InChI is InChI=1S/C38H49ClN4O9Si/c1-10-37(49-28(44)14-16-41-34(48)52-36(5,6)7)25-20-27-30-24(19-23-18-22(12-13-26(23)42-30)32(46)50-35(2,3)4)21-43(27)31(45)29(25)38(40,51-33(37)47)53(8,9)17-11-15-39/h12-13,18-20H,10-11,14-17,21,40H2,1-9H3,(H,41,48). The molecule has 5 rings (SSSR count). The number of carbonyl (C=O) groups excluding carboxylic acids is 4. The summed E-state index contributed by atoms with van der Waals surface area (Å²) < 4.78 is 24.5. The molecule has 0 aliphatic carbocycles. The third kappa shape index (κ3) is 7.72. The van der Waals surface area contributed by atoms with Crippen molar-refractivity contribution in [2.24, 2.45) is 5.73 Å². The van der Waals surface area contributed by atoms with E-state index >= 15 is 0 Å². The number of nitrogens with two attached hydrogens (primary N) is 1. The molecule has 286 valence electrons. The Bertz CT molecular complexity index is 2050. The van der Waals surface area contributed by atoms with Crippen molar-refractivity contribution in [1.29, 1.82) is 0 Å². The number of aromatic nitrogens is 2. The molecule has 0 bridgehead atoms. The van der Waals surface area contributed by atoms with Crippen LogP contribution in [0.1, 0.15) is 94.8 Å². The Kier molecular flexibility index (Phi) is 10.7. The number of ether oxygens (including phenoxy) is 4. The first-order valence-electron chi connectivity index (χ1n) is 17.8. The Morgan fingerprint density at radius 1 is 1.06 bits per heavy atom. The van der Waals surface area contributed by atoms with Gasteiger partial charge in [-0.2, -0.15) is 0 Å². The van der Waals surface area contributed by atoms with Gasteiger partial charge >= 0.3 is 24.0 Å². The fraction of sp³-hybridized carbons (Fsp3) is 0.526. The zero-order valence-corrected chi connectivity index (χ0v) is 33.6. The molecule has 1 amide bonds. The van der Waals surface area contributed by atoms with Gasteiger partial charge < -0.3 is 28.8 Å². The van der Waals surface area contributed by atoms with Crippen molar-refractivity contribution < 1.29 is 38.1 Å². The van der Waals surface area contributed by atoms with Gasteiger partial charge in [-0.1, -0.05) is 26.1 Å². The highest BCUT2D eigenvalue weighted by molar-refractivity contribution is 6.80. The first-order valence-corrected chi connectivity index (χ1v) is 21.5. The van der Waals surface area contributed by atoms with E-state index < -0.39 is 59.8 Å². The molecule has 3 N–H and O–H groups in total. The Morgan fingerprint density at radius 2 is 1.74 bits per heavy atom. The minimum atomic E-state index is -2.85. The number of fused-ring (bicyclic) bond motifs is 5. The number of esters is 3. The third-order valence-electron chi connectivity index (χ3n) is 9.51. The van der Waals surface area contributed by atoms with Gasteiger partial charge in [0.25, 0.3) is 5.56 Å². The number of cyclic esters (lactones) is 1. The zero-order valence-electron chi connectivity index (χ0n) is 31.9. The number of alkyl carbamates (subject to hydrolysis) is 1. The smallest absolute Gasteiger partial charge is 0.407 e. The van der Waals surface area contributed by atoms with E-state index in [0.717, 1.165) is 0 Å². The van der Waals surface area contributed by atoms with E-state index in [9.17, 15) is 24.0 Å². The van der Waals surface area contributed by atoms with Gasteiger partial charge in [-0.15, -0.1) is 11.6 Å². The lowest BCUT2D eigenvalue weighted by molar-refractivity contribution is -0.197. The van der Waals surface area contributed by atoms with Crippen LogP contribution in [0.4, 0.5) is 4.79 Å². The maximum Gasteiger partial charge on any atom is 0.407 e. The highest BCUT2D eigenvalue weighted by Gasteiger charge is 2.62. The van der Waals surface area contributed by atoms with Crippen molar-refractivity contribution in [1.82, 2.24) is 14.9 Å². The number of nitrogens with zero attached hydrogens (tertiary/aromatic N) is 2. The van der Waals surface area contributed by atoms with Crippen LogP contribution in [-0.2, 0) is 46.0 Å². The monoisotopic (exact) mass is 768 g/mol. The quantitative estimate of drug-likeness (QED) is 0.0838. The molecule has 3 aromatic rings. The minimum Gasteiger partial charge on any atom is -0.456 e. The Morgan fingerprint density at radius 3 is 2.36 bits per heavy atom. The summed E-state index contributed by atoms with van der Waals surface area (Å²) in [7, 11) is -2.85. The second kappa shape index (κ2) is 14.2. The largest absolute Gasteiger partial charge is 0.456 e. The summed E-state index contributed by atoms with van der Waals surface area (Å²) in [5, 5.41) is 1.41. The van der Waals surface area contributed by atoms with Crippen molar-refractivity contribution in [3.8, 4) is 11.4 Å². The van der Waals surface area contributed by atoms with Crippen LogP contribution in [0.25, 0.3) is 22.3 Å². The third-order valence-corrected chi connectivity index (χ3v) is 13.7. The first-order chi connectivity index (χ1) is 24.6.